The number of esters is 1. The van der Waals surface area contributed by atoms with Gasteiger partial charge in [-0.15, -0.1) is 0 Å². The number of halogens is 1. The van der Waals surface area contributed by atoms with Crippen LogP contribution in [0.1, 0.15) is 27.0 Å². The summed E-state index contributed by atoms with van der Waals surface area (Å²) in [7, 11) is 1.30. The highest BCUT2D eigenvalue weighted by Crippen LogP contribution is 2.26. The van der Waals surface area contributed by atoms with Gasteiger partial charge in [-0.05, 0) is 47.5 Å². The zero-order valence-electron chi connectivity index (χ0n) is 18.8. The number of methoxy groups -OCH3 is 1. The number of carbonyl (C=O) groups is 2. The predicted molar refractivity (Wildman–Crippen MR) is 124 cm³/mol. The molecule has 1 N–H and O–H groups in total. The SMILES string of the molecule is COC(=O)c1ccccc1NC(=O)N1CCOc2ccc(COCc3cccc(F)c3)cc2C1. The lowest BCUT2D eigenvalue weighted by molar-refractivity contribution is 0.0602. The van der Waals surface area contributed by atoms with E-state index in [0.29, 0.717) is 44.3 Å². The van der Waals surface area contributed by atoms with Crippen molar-refractivity contribution in [2.75, 3.05) is 25.6 Å². The van der Waals surface area contributed by atoms with Crippen molar-refractivity contribution in [3.05, 3.63) is 94.8 Å². The van der Waals surface area contributed by atoms with Crippen LogP contribution in [0.25, 0.3) is 0 Å². The molecule has 0 saturated carbocycles. The second-order valence-corrected chi connectivity index (χ2v) is 7.80. The van der Waals surface area contributed by atoms with Crippen LogP contribution >= 0.6 is 0 Å². The van der Waals surface area contributed by atoms with E-state index in [1.807, 2.05) is 24.3 Å². The van der Waals surface area contributed by atoms with Crippen LogP contribution in [-0.4, -0.2) is 37.2 Å². The van der Waals surface area contributed by atoms with Crippen molar-refractivity contribution in [2.45, 2.75) is 19.8 Å². The van der Waals surface area contributed by atoms with Crippen LogP contribution in [-0.2, 0) is 29.2 Å². The van der Waals surface area contributed by atoms with E-state index in [4.69, 9.17) is 14.2 Å². The molecule has 0 aliphatic carbocycles. The van der Waals surface area contributed by atoms with E-state index in [1.54, 1.807) is 35.2 Å². The van der Waals surface area contributed by atoms with Crippen molar-refractivity contribution >= 4 is 17.7 Å². The Morgan fingerprint density at radius 2 is 1.82 bits per heavy atom. The standard InChI is InChI=1S/C26H25FN2O5/c1-32-25(30)22-7-2-3-8-23(22)28-26(31)29-11-12-34-24-10-9-19(13-20(24)15-29)17-33-16-18-5-4-6-21(27)14-18/h2-10,13-14H,11-12,15-17H2,1H3,(H,28,31). The average molecular weight is 464 g/mol. The minimum atomic E-state index is -0.525. The first-order chi connectivity index (χ1) is 16.5. The quantitative estimate of drug-likeness (QED) is 0.533. The second kappa shape index (κ2) is 10.8. The summed E-state index contributed by atoms with van der Waals surface area (Å²) in [4.78, 5) is 26.6. The number of carbonyl (C=O) groups excluding carboxylic acids is 2. The van der Waals surface area contributed by atoms with Crippen LogP contribution in [0.3, 0.4) is 0 Å². The summed E-state index contributed by atoms with van der Waals surface area (Å²) in [6, 6.07) is 18.4. The number of fused-ring (bicyclic) bond motifs is 1. The second-order valence-electron chi connectivity index (χ2n) is 7.80. The molecule has 8 heteroatoms. The molecule has 3 aromatic rings. The van der Waals surface area contributed by atoms with Crippen molar-refractivity contribution in [1.29, 1.82) is 0 Å². The van der Waals surface area contributed by atoms with Crippen LogP contribution < -0.4 is 10.1 Å². The van der Waals surface area contributed by atoms with Crippen LogP contribution in [0.15, 0.2) is 66.7 Å². The Balaban J connectivity index is 1.42. The lowest BCUT2D eigenvalue weighted by Crippen LogP contribution is -2.36. The van der Waals surface area contributed by atoms with Gasteiger partial charge in [0.15, 0.2) is 0 Å². The number of para-hydroxylation sites is 1. The zero-order chi connectivity index (χ0) is 23.9. The minimum Gasteiger partial charge on any atom is -0.491 e. The van der Waals surface area contributed by atoms with Crippen LogP contribution in [0.5, 0.6) is 5.75 Å². The number of hydrogen-bond acceptors (Lipinski definition) is 5. The molecule has 176 valence electrons. The van der Waals surface area contributed by atoms with Crippen molar-refractivity contribution in [3.8, 4) is 5.75 Å². The molecule has 1 heterocycles. The number of benzene rings is 3. The van der Waals surface area contributed by atoms with E-state index in [2.05, 4.69) is 5.32 Å². The molecule has 0 atom stereocenters. The van der Waals surface area contributed by atoms with Crippen LogP contribution in [0.2, 0.25) is 0 Å². The maximum atomic E-state index is 13.3. The summed E-state index contributed by atoms with van der Waals surface area (Å²) in [5, 5.41) is 2.80. The summed E-state index contributed by atoms with van der Waals surface area (Å²) in [5.41, 5.74) is 3.18. The van der Waals surface area contributed by atoms with Gasteiger partial charge < -0.3 is 24.4 Å². The third-order valence-electron chi connectivity index (χ3n) is 5.39. The number of nitrogens with one attached hydrogen (secondary N) is 1. The Morgan fingerprint density at radius 3 is 2.62 bits per heavy atom. The Labute approximate surface area is 197 Å². The number of hydrogen-bond donors (Lipinski definition) is 1. The molecule has 2 amide bonds. The Hall–Kier alpha value is -3.91. The molecule has 0 spiro atoms. The Kier molecular flexibility index (Phi) is 7.39. The lowest BCUT2D eigenvalue weighted by Gasteiger charge is -2.21. The molecular weight excluding hydrogens is 439 g/mol. The molecule has 0 unspecified atom stereocenters. The molecule has 3 aromatic carbocycles. The maximum Gasteiger partial charge on any atom is 0.339 e. The monoisotopic (exact) mass is 464 g/mol. The van der Waals surface area contributed by atoms with Gasteiger partial charge in [0, 0.05) is 5.56 Å². The molecule has 0 fully saturated rings. The zero-order valence-corrected chi connectivity index (χ0v) is 18.8. The molecule has 34 heavy (non-hydrogen) atoms. The number of urea groups is 1. The van der Waals surface area contributed by atoms with Gasteiger partial charge in [0.2, 0.25) is 0 Å². The van der Waals surface area contributed by atoms with E-state index in [0.717, 1.165) is 16.7 Å². The lowest BCUT2D eigenvalue weighted by atomic mass is 10.1. The molecule has 1 aliphatic rings. The fraction of sp³-hybridized carbons (Fsp3) is 0.231. The average Bonchev–Trinajstić information content (AvgIpc) is 3.06. The van der Waals surface area contributed by atoms with Gasteiger partial charge >= 0.3 is 12.0 Å². The van der Waals surface area contributed by atoms with Gasteiger partial charge in [0.25, 0.3) is 0 Å². The van der Waals surface area contributed by atoms with E-state index in [9.17, 15) is 14.0 Å². The number of nitrogens with zero attached hydrogens (tertiary/aromatic N) is 1. The minimum absolute atomic E-state index is 0.280. The summed E-state index contributed by atoms with van der Waals surface area (Å²) in [6.07, 6.45) is 0. The highest BCUT2D eigenvalue weighted by molar-refractivity contribution is 6.00. The molecule has 4 rings (SSSR count). The van der Waals surface area contributed by atoms with Gasteiger partial charge in [-0.2, -0.15) is 0 Å². The first-order valence-corrected chi connectivity index (χ1v) is 10.8. The highest BCUT2D eigenvalue weighted by atomic mass is 19.1. The first-order valence-electron chi connectivity index (χ1n) is 10.8. The topological polar surface area (TPSA) is 77.1 Å². The van der Waals surface area contributed by atoms with Gasteiger partial charge in [0.05, 0.1) is 44.7 Å². The third kappa shape index (κ3) is 5.71. The summed E-state index contributed by atoms with van der Waals surface area (Å²) in [6.45, 7) is 1.68. The fourth-order valence-corrected chi connectivity index (χ4v) is 3.70. The van der Waals surface area contributed by atoms with Gasteiger partial charge in [-0.1, -0.05) is 30.3 Å². The van der Waals surface area contributed by atoms with Crippen molar-refractivity contribution in [1.82, 2.24) is 4.90 Å². The molecule has 0 aromatic heterocycles. The van der Waals surface area contributed by atoms with E-state index in [-0.39, 0.29) is 17.4 Å². The van der Waals surface area contributed by atoms with E-state index >= 15 is 0 Å². The number of ether oxygens (including phenoxy) is 3. The summed E-state index contributed by atoms with van der Waals surface area (Å²) >= 11 is 0. The van der Waals surface area contributed by atoms with Crippen molar-refractivity contribution in [2.24, 2.45) is 0 Å². The fourth-order valence-electron chi connectivity index (χ4n) is 3.70. The summed E-state index contributed by atoms with van der Waals surface area (Å²) in [5.74, 6) is -0.113. The summed E-state index contributed by atoms with van der Waals surface area (Å²) < 4.78 is 29.7. The maximum absolute atomic E-state index is 13.3. The predicted octanol–water partition coefficient (Wildman–Crippen LogP) is 4.76. The van der Waals surface area contributed by atoms with Gasteiger partial charge in [-0.3, -0.25) is 0 Å². The molecule has 0 radical (unpaired) electrons. The van der Waals surface area contributed by atoms with E-state index in [1.165, 1.54) is 19.2 Å². The molecule has 0 saturated heterocycles. The van der Waals surface area contributed by atoms with Crippen LogP contribution in [0, 0.1) is 5.82 Å². The number of rotatable bonds is 6. The number of amides is 2. The van der Waals surface area contributed by atoms with Crippen molar-refractivity contribution < 1.29 is 28.2 Å². The third-order valence-corrected chi connectivity index (χ3v) is 5.39. The highest BCUT2D eigenvalue weighted by Gasteiger charge is 2.22. The van der Waals surface area contributed by atoms with Gasteiger partial charge in [-0.25, -0.2) is 14.0 Å². The molecule has 7 nitrogen and oxygen atoms in total. The van der Waals surface area contributed by atoms with E-state index < -0.39 is 5.97 Å². The van der Waals surface area contributed by atoms with Crippen LogP contribution in [0.4, 0.5) is 14.9 Å². The van der Waals surface area contributed by atoms with Crippen molar-refractivity contribution in [3.63, 3.8) is 0 Å². The van der Waals surface area contributed by atoms with Gasteiger partial charge in [0.1, 0.15) is 18.2 Å². The smallest absolute Gasteiger partial charge is 0.339 e. The Bertz CT molecular complexity index is 1180. The molecule has 0 bridgehead atoms. The molecule has 1 aliphatic heterocycles. The molecular formula is C26H25FN2O5. The normalized spacial score (nSPS) is 12.8. The first kappa shape index (κ1) is 23.3. The largest absolute Gasteiger partial charge is 0.491 e. The Morgan fingerprint density at radius 1 is 1.03 bits per heavy atom. The number of anilines is 1.